The monoisotopic (exact) mass is 351 g/mol. The molecule has 0 aliphatic heterocycles. The molecule has 0 saturated heterocycles. The van der Waals surface area contributed by atoms with Gasteiger partial charge in [-0.15, -0.1) is 0 Å². The Morgan fingerprint density at radius 3 is 1.78 bits per heavy atom. The van der Waals surface area contributed by atoms with E-state index in [2.05, 4.69) is 9.98 Å². The maximum absolute atomic E-state index is 10.6. The molecule has 0 aliphatic carbocycles. The predicted octanol–water partition coefficient (Wildman–Crippen LogP) is 4.84. The molecule has 2 rings (SSSR count). The van der Waals surface area contributed by atoms with E-state index in [4.69, 9.17) is 27.9 Å². The number of nitro benzene ring substituents is 1. The Morgan fingerprint density at radius 2 is 1.39 bits per heavy atom. The summed E-state index contributed by atoms with van der Waals surface area (Å²) in [6.07, 6.45) is 0. The van der Waals surface area contributed by atoms with Crippen molar-refractivity contribution in [3.8, 4) is 5.75 Å². The third-order valence-electron chi connectivity index (χ3n) is 2.76. The van der Waals surface area contributed by atoms with Crippen molar-refractivity contribution in [2.24, 2.45) is 9.98 Å². The van der Waals surface area contributed by atoms with Gasteiger partial charge in [0.2, 0.25) is 0 Å². The van der Waals surface area contributed by atoms with E-state index in [-0.39, 0.29) is 16.0 Å². The van der Waals surface area contributed by atoms with Gasteiger partial charge in [0, 0.05) is 12.1 Å². The van der Waals surface area contributed by atoms with Gasteiger partial charge < -0.3 is 4.74 Å². The predicted molar refractivity (Wildman–Crippen MR) is 92.0 cm³/mol. The zero-order chi connectivity index (χ0) is 16.8. The number of benzene rings is 2. The van der Waals surface area contributed by atoms with Crippen LogP contribution in [0.2, 0.25) is 0 Å². The van der Waals surface area contributed by atoms with Crippen LogP contribution in [-0.2, 0) is 0 Å². The minimum atomic E-state index is -0.493. The van der Waals surface area contributed by atoms with Crippen molar-refractivity contribution in [1.29, 1.82) is 0 Å². The molecule has 2 aromatic carbocycles. The van der Waals surface area contributed by atoms with Crippen molar-refractivity contribution in [3.63, 3.8) is 0 Å². The molecule has 8 heteroatoms. The second-order valence-corrected chi connectivity index (χ2v) is 4.99. The number of nitrogens with zero attached hydrogens (tertiary/aromatic N) is 3. The van der Waals surface area contributed by atoms with Gasteiger partial charge >= 0.3 is 0 Å². The fourth-order valence-corrected chi connectivity index (χ4v) is 1.90. The lowest BCUT2D eigenvalue weighted by molar-refractivity contribution is -0.384. The Bertz CT molecular complexity index is 757. The summed E-state index contributed by atoms with van der Waals surface area (Å²) in [5, 5.41) is 10.6. The van der Waals surface area contributed by atoms with Crippen molar-refractivity contribution in [1.82, 2.24) is 0 Å². The van der Waals surface area contributed by atoms with Gasteiger partial charge in [0.1, 0.15) is 5.75 Å². The molecule has 6 nitrogen and oxygen atoms in total. The number of halogens is 2. The molecule has 0 amide bonds. The van der Waals surface area contributed by atoms with Crippen LogP contribution >= 0.6 is 23.2 Å². The molecular formula is C15H11Cl2N3O3. The molecule has 118 valence electrons. The maximum Gasteiger partial charge on any atom is 0.269 e. The molecule has 0 radical (unpaired) electrons. The summed E-state index contributed by atoms with van der Waals surface area (Å²) in [6, 6.07) is 12.5. The summed E-state index contributed by atoms with van der Waals surface area (Å²) in [7, 11) is 1.57. The number of ether oxygens (including phenoxy) is 1. The summed E-state index contributed by atoms with van der Waals surface area (Å²) in [5.74, 6) is 0.700. The van der Waals surface area contributed by atoms with E-state index in [1.165, 1.54) is 24.3 Å². The van der Waals surface area contributed by atoms with E-state index in [1.54, 1.807) is 31.4 Å². The number of hydrogen-bond acceptors (Lipinski definition) is 5. The summed E-state index contributed by atoms with van der Waals surface area (Å²) in [5.41, 5.74) is 0.995. The van der Waals surface area contributed by atoms with Crippen molar-refractivity contribution in [2.45, 2.75) is 0 Å². The molecule has 0 saturated carbocycles. The average Bonchev–Trinajstić information content (AvgIpc) is 2.56. The van der Waals surface area contributed by atoms with Crippen LogP contribution in [0.3, 0.4) is 0 Å². The van der Waals surface area contributed by atoms with Crippen molar-refractivity contribution < 1.29 is 9.66 Å². The third kappa shape index (κ3) is 4.77. The first kappa shape index (κ1) is 16.9. The van der Waals surface area contributed by atoms with Crippen LogP contribution in [0.1, 0.15) is 0 Å². The zero-order valence-electron chi connectivity index (χ0n) is 11.9. The Kier molecular flexibility index (Phi) is 5.67. The highest BCUT2D eigenvalue weighted by molar-refractivity contribution is 7.00. The van der Waals surface area contributed by atoms with Crippen LogP contribution in [0.5, 0.6) is 5.75 Å². The van der Waals surface area contributed by atoms with E-state index in [1.807, 2.05) is 0 Å². The minimum absolute atomic E-state index is 0.00943. The summed E-state index contributed by atoms with van der Waals surface area (Å²) >= 11 is 12.0. The van der Waals surface area contributed by atoms with Crippen molar-refractivity contribution >= 4 is 50.6 Å². The van der Waals surface area contributed by atoms with Crippen LogP contribution in [0.4, 0.5) is 17.1 Å². The number of rotatable bonds is 5. The van der Waals surface area contributed by atoms with E-state index < -0.39 is 4.92 Å². The molecule has 2 aromatic rings. The summed E-state index contributed by atoms with van der Waals surface area (Å²) in [4.78, 5) is 18.3. The molecule has 0 bridgehead atoms. The van der Waals surface area contributed by atoms with Crippen LogP contribution in [-0.4, -0.2) is 22.4 Å². The van der Waals surface area contributed by atoms with E-state index in [0.29, 0.717) is 17.1 Å². The number of nitro groups is 1. The smallest absolute Gasteiger partial charge is 0.269 e. The largest absolute Gasteiger partial charge is 0.497 e. The first-order valence-electron chi connectivity index (χ1n) is 6.37. The summed E-state index contributed by atoms with van der Waals surface area (Å²) in [6.45, 7) is 0. The van der Waals surface area contributed by atoms with Gasteiger partial charge in [-0.25, -0.2) is 9.98 Å². The minimum Gasteiger partial charge on any atom is -0.497 e. The molecule has 0 aliphatic rings. The van der Waals surface area contributed by atoms with E-state index in [9.17, 15) is 10.1 Å². The summed E-state index contributed by atoms with van der Waals surface area (Å²) < 4.78 is 5.05. The highest BCUT2D eigenvalue weighted by atomic mass is 35.5. The highest BCUT2D eigenvalue weighted by Crippen LogP contribution is 2.21. The second-order valence-electron chi connectivity index (χ2n) is 4.28. The highest BCUT2D eigenvalue weighted by Gasteiger charge is 2.06. The fraction of sp³-hybridized carbons (Fsp3) is 0.0667. The topological polar surface area (TPSA) is 77.1 Å². The lowest BCUT2D eigenvalue weighted by atomic mass is 10.3. The molecule has 23 heavy (non-hydrogen) atoms. The number of methoxy groups -OCH3 is 1. The van der Waals surface area contributed by atoms with Crippen LogP contribution in [0, 0.1) is 10.1 Å². The first-order chi connectivity index (χ1) is 11.0. The normalized spacial score (nSPS) is 12.1. The van der Waals surface area contributed by atoms with Crippen LogP contribution < -0.4 is 4.74 Å². The molecular weight excluding hydrogens is 341 g/mol. The van der Waals surface area contributed by atoms with Gasteiger partial charge in [-0.1, -0.05) is 23.2 Å². The Hall–Kier alpha value is -2.44. The lowest BCUT2D eigenvalue weighted by Gasteiger charge is -2.00. The average molecular weight is 352 g/mol. The SMILES string of the molecule is COc1ccc(N=C(Cl)C(Cl)=Nc2ccc([N+](=O)[O-])cc2)cc1. The van der Waals surface area contributed by atoms with Crippen molar-refractivity contribution in [2.75, 3.05) is 7.11 Å². The molecule has 0 heterocycles. The van der Waals surface area contributed by atoms with E-state index in [0.717, 1.165) is 0 Å². The Labute approximate surface area is 142 Å². The van der Waals surface area contributed by atoms with Gasteiger partial charge in [0.05, 0.1) is 23.4 Å². The lowest BCUT2D eigenvalue weighted by Crippen LogP contribution is -1.98. The van der Waals surface area contributed by atoms with Gasteiger partial charge in [-0.3, -0.25) is 10.1 Å². The molecule has 0 atom stereocenters. The fourth-order valence-electron chi connectivity index (χ4n) is 1.62. The molecule has 0 unspecified atom stereocenters. The standard InChI is InChI=1S/C15H11Cl2N3O3/c1-23-13-8-4-11(5-9-13)19-15(17)14(16)18-10-2-6-12(7-3-10)20(21)22/h2-9H,1H3. The van der Waals surface area contributed by atoms with Crippen LogP contribution in [0.25, 0.3) is 0 Å². The van der Waals surface area contributed by atoms with Gasteiger partial charge in [-0.2, -0.15) is 0 Å². The number of non-ortho nitro benzene ring substituents is 1. The van der Waals surface area contributed by atoms with E-state index >= 15 is 0 Å². The van der Waals surface area contributed by atoms with Crippen LogP contribution in [0.15, 0.2) is 58.5 Å². The Balaban J connectivity index is 2.18. The molecule has 0 spiro atoms. The van der Waals surface area contributed by atoms with Gasteiger partial charge in [-0.05, 0) is 36.4 Å². The van der Waals surface area contributed by atoms with Gasteiger partial charge in [0.15, 0.2) is 10.3 Å². The quantitative estimate of drug-likeness (QED) is 0.439. The number of aliphatic imine (C=N–C) groups is 2. The maximum atomic E-state index is 10.6. The molecule has 0 N–H and O–H groups in total. The van der Waals surface area contributed by atoms with Gasteiger partial charge in [0.25, 0.3) is 5.69 Å². The Morgan fingerprint density at radius 1 is 0.957 bits per heavy atom. The first-order valence-corrected chi connectivity index (χ1v) is 7.12. The van der Waals surface area contributed by atoms with Crippen molar-refractivity contribution in [3.05, 3.63) is 58.6 Å². The third-order valence-corrected chi connectivity index (χ3v) is 3.38. The zero-order valence-corrected chi connectivity index (χ0v) is 13.5. The molecule has 0 fully saturated rings. The second kappa shape index (κ2) is 7.71. The molecule has 0 aromatic heterocycles. The number of hydrogen-bond donors (Lipinski definition) is 0.